The molecule has 0 radical (unpaired) electrons. The van der Waals surface area contributed by atoms with Crippen molar-refractivity contribution < 1.29 is 64.5 Å². The number of benzene rings is 2. The van der Waals surface area contributed by atoms with Gasteiger partial charge in [0.1, 0.15) is 5.76 Å². The highest BCUT2D eigenvalue weighted by Crippen LogP contribution is 2.31. The molecule has 1 heterocycles. The molecule has 0 bridgehead atoms. The number of nitrogens with one attached hydrogen (secondary N) is 1. The monoisotopic (exact) mass is 573 g/mol. The SMILES string of the molecule is O=C(O[C@H](C(=O)O)[C@@H](OC(=O)c1cccc(C(F)(F)F)c1)C(=O)NCc1ccco1)c1cccc(C(F)(F)F)c1. The van der Waals surface area contributed by atoms with Crippen molar-refractivity contribution in [3.8, 4) is 0 Å². The third kappa shape index (κ3) is 7.61. The quantitative estimate of drug-likeness (QED) is 0.283. The van der Waals surface area contributed by atoms with Crippen molar-refractivity contribution in [3.63, 3.8) is 0 Å². The van der Waals surface area contributed by atoms with E-state index in [-0.39, 0.29) is 12.3 Å². The van der Waals surface area contributed by atoms with E-state index in [0.717, 1.165) is 24.3 Å². The zero-order valence-corrected chi connectivity index (χ0v) is 19.8. The Morgan fingerprint density at radius 3 is 1.70 bits per heavy atom. The van der Waals surface area contributed by atoms with Crippen molar-refractivity contribution in [1.82, 2.24) is 5.32 Å². The third-order valence-electron chi connectivity index (χ3n) is 5.11. The molecule has 9 nitrogen and oxygen atoms in total. The summed E-state index contributed by atoms with van der Waals surface area (Å²) in [6, 6.07) is 8.33. The third-order valence-corrected chi connectivity index (χ3v) is 5.11. The first-order valence-electron chi connectivity index (χ1n) is 11.0. The van der Waals surface area contributed by atoms with Crippen LogP contribution in [0.5, 0.6) is 0 Å². The van der Waals surface area contributed by atoms with E-state index in [4.69, 9.17) is 13.9 Å². The first-order valence-corrected chi connectivity index (χ1v) is 11.0. The van der Waals surface area contributed by atoms with Gasteiger partial charge in [0.25, 0.3) is 5.91 Å². The molecule has 0 saturated carbocycles. The van der Waals surface area contributed by atoms with E-state index in [1.54, 1.807) is 0 Å². The van der Waals surface area contributed by atoms with Crippen molar-refractivity contribution >= 4 is 23.8 Å². The predicted octanol–water partition coefficient (Wildman–Crippen LogP) is 4.47. The van der Waals surface area contributed by atoms with E-state index >= 15 is 0 Å². The number of ether oxygens (including phenoxy) is 2. The summed E-state index contributed by atoms with van der Waals surface area (Å²) in [4.78, 5) is 50.1. The fourth-order valence-electron chi connectivity index (χ4n) is 3.19. The molecule has 1 amide bonds. The van der Waals surface area contributed by atoms with Crippen LogP contribution < -0.4 is 5.32 Å². The van der Waals surface area contributed by atoms with Gasteiger partial charge in [-0.3, -0.25) is 4.79 Å². The van der Waals surface area contributed by atoms with Gasteiger partial charge in [-0.2, -0.15) is 26.3 Å². The van der Waals surface area contributed by atoms with E-state index in [2.05, 4.69) is 5.32 Å². The lowest BCUT2D eigenvalue weighted by Crippen LogP contribution is -2.50. The van der Waals surface area contributed by atoms with Crippen LogP contribution in [0.1, 0.15) is 37.6 Å². The van der Waals surface area contributed by atoms with Gasteiger partial charge in [0.15, 0.2) is 0 Å². The Morgan fingerprint density at radius 2 is 1.27 bits per heavy atom. The van der Waals surface area contributed by atoms with Crippen LogP contribution in [0.4, 0.5) is 26.3 Å². The number of rotatable bonds is 9. The number of alkyl halides is 6. The van der Waals surface area contributed by atoms with Crippen LogP contribution in [-0.2, 0) is 38.0 Å². The van der Waals surface area contributed by atoms with E-state index in [1.807, 2.05) is 0 Å². The molecule has 15 heteroatoms. The number of aliphatic carboxylic acids is 1. The van der Waals surface area contributed by atoms with Gasteiger partial charge in [-0.25, -0.2) is 14.4 Å². The number of carboxylic acids is 1. The lowest BCUT2D eigenvalue weighted by atomic mass is 10.1. The maximum atomic E-state index is 13.1. The Bertz CT molecular complexity index is 1380. The summed E-state index contributed by atoms with van der Waals surface area (Å²) >= 11 is 0. The largest absolute Gasteiger partial charge is 0.478 e. The number of carboxylic acid groups (broad SMARTS) is 1. The topological polar surface area (TPSA) is 132 Å². The Kier molecular flexibility index (Phi) is 8.86. The van der Waals surface area contributed by atoms with Crippen molar-refractivity contribution in [2.24, 2.45) is 0 Å². The van der Waals surface area contributed by atoms with Gasteiger partial charge in [0, 0.05) is 0 Å². The molecule has 212 valence electrons. The van der Waals surface area contributed by atoms with E-state index in [9.17, 15) is 50.6 Å². The van der Waals surface area contributed by atoms with Crippen LogP contribution in [0, 0.1) is 0 Å². The van der Waals surface area contributed by atoms with Crippen LogP contribution in [-0.4, -0.2) is 41.1 Å². The summed E-state index contributed by atoms with van der Waals surface area (Å²) in [7, 11) is 0. The first kappa shape index (κ1) is 29.7. The Labute approximate surface area is 220 Å². The van der Waals surface area contributed by atoms with Crippen molar-refractivity contribution in [1.29, 1.82) is 0 Å². The van der Waals surface area contributed by atoms with Gasteiger partial charge in [-0.15, -0.1) is 0 Å². The predicted molar refractivity (Wildman–Crippen MR) is 119 cm³/mol. The molecule has 0 fully saturated rings. The normalized spacial score (nSPS) is 13.2. The van der Waals surface area contributed by atoms with Gasteiger partial charge in [0.2, 0.25) is 12.2 Å². The maximum Gasteiger partial charge on any atom is 0.416 e. The van der Waals surface area contributed by atoms with Gasteiger partial charge in [0.05, 0.1) is 35.1 Å². The standard InChI is InChI=1S/C25H17F6NO8/c26-24(27,28)15-6-1-4-13(10-15)22(36)39-18(20(33)32-12-17-8-3-9-38-17)19(21(34)35)40-23(37)14-5-2-7-16(11-14)25(29,30)31/h1-11,18-19H,12H2,(H,32,33)(H,34,35)/t18-,19+/m1/s1. The molecule has 40 heavy (non-hydrogen) atoms. The summed E-state index contributed by atoms with van der Waals surface area (Å²) < 4.78 is 92.9. The molecule has 0 aliphatic heterocycles. The minimum Gasteiger partial charge on any atom is -0.478 e. The van der Waals surface area contributed by atoms with Gasteiger partial charge in [-0.05, 0) is 48.5 Å². The molecule has 3 aromatic rings. The Morgan fingerprint density at radius 1 is 0.775 bits per heavy atom. The zero-order chi connectivity index (χ0) is 29.7. The number of amides is 1. The average molecular weight is 573 g/mol. The lowest BCUT2D eigenvalue weighted by molar-refractivity contribution is -0.159. The number of esters is 2. The fraction of sp³-hybridized carbons (Fsp3) is 0.200. The molecule has 0 aliphatic rings. The summed E-state index contributed by atoms with van der Waals surface area (Å²) in [5.74, 6) is -6.50. The number of furan rings is 1. The van der Waals surface area contributed by atoms with Crippen molar-refractivity contribution in [2.45, 2.75) is 31.1 Å². The highest BCUT2D eigenvalue weighted by molar-refractivity contribution is 5.97. The second-order valence-electron chi connectivity index (χ2n) is 7.94. The van der Waals surface area contributed by atoms with Crippen LogP contribution in [0.2, 0.25) is 0 Å². The molecule has 0 unspecified atom stereocenters. The minimum absolute atomic E-state index is 0.157. The second kappa shape index (κ2) is 11.9. The van der Waals surface area contributed by atoms with Gasteiger partial charge < -0.3 is 24.3 Å². The highest BCUT2D eigenvalue weighted by Gasteiger charge is 2.41. The summed E-state index contributed by atoms with van der Waals surface area (Å²) in [5.41, 5.74) is -4.00. The molecular weight excluding hydrogens is 556 g/mol. The van der Waals surface area contributed by atoms with Gasteiger partial charge >= 0.3 is 30.3 Å². The molecule has 0 spiro atoms. The molecular formula is C25H17F6NO8. The van der Waals surface area contributed by atoms with Crippen LogP contribution >= 0.6 is 0 Å². The minimum atomic E-state index is -4.86. The van der Waals surface area contributed by atoms with Crippen molar-refractivity contribution in [3.05, 3.63) is 94.9 Å². The molecule has 2 N–H and O–H groups in total. The fourth-order valence-corrected chi connectivity index (χ4v) is 3.19. The molecule has 3 rings (SSSR count). The van der Waals surface area contributed by atoms with Crippen LogP contribution in [0.15, 0.2) is 71.3 Å². The summed E-state index contributed by atoms with van der Waals surface area (Å²) in [6.07, 6.45) is -13.6. The smallest absolute Gasteiger partial charge is 0.416 e. The van der Waals surface area contributed by atoms with Gasteiger partial charge in [-0.1, -0.05) is 12.1 Å². The highest BCUT2D eigenvalue weighted by atomic mass is 19.4. The summed E-state index contributed by atoms with van der Waals surface area (Å²) in [5, 5.41) is 11.8. The zero-order valence-electron chi connectivity index (χ0n) is 19.8. The second-order valence-corrected chi connectivity index (χ2v) is 7.94. The van der Waals surface area contributed by atoms with Crippen molar-refractivity contribution in [2.75, 3.05) is 0 Å². The van der Waals surface area contributed by atoms with E-state index in [0.29, 0.717) is 24.3 Å². The molecule has 2 atom stereocenters. The first-order chi connectivity index (χ1) is 18.7. The summed E-state index contributed by atoms with van der Waals surface area (Å²) in [6.45, 7) is -0.378. The lowest BCUT2D eigenvalue weighted by Gasteiger charge is -2.23. The number of halogens is 6. The number of carbonyl (C=O) groups excluding carboxylic acids is 3. The Hall–Kier alpha value is -4.82. The van der Waals surface area contributed by atoms with Crippen LogP contribution in [0.3, 0.4) is 0 Å². The molecule has 0 aliphatic carbocycles. The number of carbonyl (C=O) groups is 4. The van der Waals surface area contributed by atoms with E-state index < -0.39 is 70.6 Å². The molecule has 0 saturated heterocycles. The maximum absolute atomic E-state index is 13.1. The van der Waals surface area contributed by atoms with E-state index in [1.165, 1.54) is 18.4 Å². The average Bonchev–Trinajstić information content (AvgIpc) is 3.42. The van der Waals surface area contributed by atoms with Crippen LogP contribution in [0.25, 0.3) is 0 Å². The molecule has 2 aromatic carbocycles. The Balaban J connectivity index is 1.91. The number of hydrogen-bond acceptors (Lipinski definition) is 7. The number of hydrogen-bond donors (Lipinski definition) is 2. The molecule has 1 aromatic heterocycles.